The number of nitriles is 1. The maximum atomic E-state index is 11.5. The Hall–Kier alpha value is -2.62. The van der Waals surface area contributed by atoms with Crippen molar-refractivity contribution < 1.29 is 19.2 Å². The van der Waals surface area contributed by atoms with E-state index in [9.17, 15) is 14.9 Å². The van der Waals surface area contributed by atoms with Crippen LogP contribution in [0.3, 0.4) is 0 Å². The number of carbonyl (C=O) groups excluding carboxylic acids is 1. The van der Waals surface area contributed by atoms with Crippen LogP contribution < -0.4 is 4.74 Å². The molecule has 7 heteroatoms. The Kier molecular flexibility index (Phi) is 4.83. The van der Waals surface area contributed by atoms with Crippen molar-refractivity contribution in [3.63, 3.8) is 0 Å². The van der Waals surface area contributed by atoms with Gasteiger partial charge in [-0.25, -0.2) is 0 Å². The van der Waals surface area contributed by atoms with E-state index in [1.165, 1.54) is 19.2 Å². The highest BCUT2D eigenvalue weighted by molar-refractivity contribution is 5.76. The summed E-state index contributed by atoms with van der Waals surface area (Å²) in [4.78, 5) is 21.8. The number of nitro benzene ring substituents is 1. The molecule has 0 unspecified atom stereocenters. The highest BCUT2D eigenvalue weighted by Gasteiger charge is 2.24. The summed E-state index contributed by atoms with van der Waals surface area (Å²) >= 11 is 0. The molecule has 0 spiro atoms. The first-order valence-electron chi connectivity index (χ1n) is 5.45. The Balaban J connectivity index is 3.34. The number of ether oxygens (including phenoxy) is 2. The van der Waals surface area contributed by atoms with Gasteiger partial charge in [-0.05, 0) is 13.0 Å². The van der Waals surface area contributed by atoms with Crippen molar-refractivity contribution in [3.8, 4) is 11.8 Å². The van der Waals surface area contributed by atoms with Gasteiger partial charge in [0.05, 0.1) is 36.2 Å². The van der Waals surface area contributed by atoms with Crippen LogP contribution in [0, 0.1) is 21.4 Å². The molecular weight excluding hydrogens is 252 g/mol. The molecule has 0 N–H and O–H groups in total. The summed E-state index contributed by atoms with van der Waals surface area (Å²) in [6.07, 6.45) is -0.317. The summed E-state index contributed by atoms with van der Waals surface area (Å²) < 4.78 is 9.76. The van der Waals surface area contributed by atoms with E-state index >= 15 is 0 Å². The molecule has 0 heterocycles. The molecule has 7 nitrogen and oxygen atoms in total. The lowest BCUT2D eigenvalue weighted by Crippen LogP contribution is -2.11. The van der Waals surface area contributed by atoms with Crippen LogP contribution in [0.15, 0.2) is 12.1 Å². The van der Waals surface area contributed by atoms with Crippen molar-refractivity contribution in [1.29, 1.82) is 5.26 Å². The number of hydrogen-bond acceptors (Lipinski definition) is 6. The molecule has 0 atom stereocenters. The Bertz CT molecular complexity index is 548. The zero-order valence-corrected chi connectivity index (χ0v) is 10.5. The fraction of sp³-hybridized carbons (Fsp3) is 0.333. The Labute approximate surface area is 109 Å². The molecular formula is C12H12N2O5. The molecule has 1 aromatic carbocycles. The van der Waals surface area contributed by atoms with Crippen LogP contribution >= 0.6 is 0 Å². The van der Waals surface area contributed by atoms with Gasteiger partial charge in [-0.1, -0.05) is 0 Å². The fourth-order valence-corrected chi connectivity index (χ4v) is 1.64. The summed E-state index contributed by atoms with van der Waals surface area (Å²) in [6.45, 7) is 1.81. The molecule has 0 saturated carbocycles. The van der Waals surface area contributed by atoms with Crippen molar-refractivity contribution in [2.24, 2.45) is 0 Å². The molecule has 1 rings (SSSR count). The van der Waals surface area contributed by atoms with Gasteiger partial charge >= 0.3 is 5.97 Å². The molecule has 0 aliphatic rings. The monoisotopic (exact) mass is 264 g/mol. The third-order valence-electron chi connectivity index (χ3n) is 2.38. The SMILES string of the molecule is CCOC(=O)Cc1c([N+](=O)[O-])ccc(C#N)c1OC. The van der Waals surface area contributed by atoms with Gasteiger partial charge in [-0.15, -0.1) is 0 Å². The van der Waals surface area contributed by atoms with E-state index in [2.05, 4.69) is 0 Å². The fourth-order valence-electron chi connectivity index (χ4n) is 1.64. The smallest absolute Gasteiger partial charge is 0.310 e. The quantitative estimate of drug-likeness (QED) is 0.454. The van der Waals surface area contributed by atoms with Crippen LogP contribution in [-0.2, 0) is 16.0 Å². The van der Waals surface area contributed by atoms with E-state index in [1.807, 2.05) is 6.07 Å². The van der Waals surface area contributed by atoms with Crippen molar-refractivity contribution >= 4 is 11.7 Å². The second-order valence-electron chi connectivity index (χ2n) is 3.49. The van der Waals surface area contributed by atoms with Crippen molar-refractivity contribution in [2.75, 3.05) is 13.7 Å². The first-order chi connectivity index (χ1) is 9.04. The molecule has 19 heavy (non-hydrogen) atoms. The van der Waals surface area contributed by atoms with Crippen LogP contribution in [0.1, 0.15) is 18.1 Å². The van der Waals surface area contributed by atoms with Gasteiger partial charge < -0.3 is 9.47 Å². The van der Waals surface area contributed by atoms with Gasteiger partial charge in [0.1, 0.15) is 11.8 Å². The molecule has 0 aliphatic heterocycles. The minimum Gasteiger partial charge on any atom is -0.495 e. The van der Waals surface area contributed by atoms with E-state index in [4.69, 9.17) is 14.7 Å². The number of rotatable bonds is 5. The lowest BCUT2D eigenvalue weighted by Gasteiger charge is -2.10. The zero-order valence-electron chi connectivity index (χ0n) is 10.5. The maximum Gasteiger partial charge on any atom is 0.310 e. The number of hydrogen-bond donors (Lipinski definition) is 0. The summed E-state index contributed by atoms with van der Waals surface area (Å²) in [5, 5.41) is 19.9. The highest BCUT2D eigenvalue weighted by atomic mass is 16.6. The van der Waals surface area contributed by atoms with Crippen molar-refractivity contribution in [2.45, 2.75) is 13.3 Å². The molecule has 100 valence electrons. The predicted octanol–water partition coefficient (Wildman–Crippen LogP) is 1.58. The second kappa shape index (κ2) is 6.35. The Morgan fingerprint density at radius 3 is 2.68 bits per heavy atom. The van der Waals surface area contributed by atoms with Gasteiger partial charge in [0, 0.05) is 6.07 Å². The molecule has 0 bridgehead atoms. The van der Waals surface area contributed by atoms with Gasteiger partial charge in [-0.3, -0.25) is 14.9 Å². The summed E-state index contributed by atoms with van der Waals surface area (Å²) in [6, 6.07) is 4.32. The van der Waals surface area contributed by atoms with Gasteiger partial charge in [0.25, 0.3) is 5.69 Å². The molecule has 0 radical (unpaired) electrons. The lowest BCUT2D eigenvalue weighted by molar-refractivity contribution is -0.385. The van der Waals surface area contributed by atoms with Gasteiger partial charge in [0.15, 0.2) is 0 Å². The number of nitro groups is 1. The van der Waals surface area contributed by atoms with Crippen molar-refractivity contribution in [1.82, 2.24) is 0 Å². The summed E-state index contributed by atoms with van der Waals surface area (Å²) in [5.41, 5.74) is -0.0960. The molecule has 0 aliphatic carbocycles. The Morgan fingerprint density at radius 2 is 2.21 bits per heavy atom. The normalized spacial score (nSPS) is 9.53. The van der Waals surface area contributed by atoms with E-state index < -0.39 is 10.9 Å². The molecule has 0 amide bonds. The predicted molar refractivity (Wildman–Crippen MR) is 64.7 cm³/mol. The minimum absolute atomic E-state index is 0.0322. The van der Waals surface area contributed by atoms with E-state index in [0.29, 0.717) is 0 Å². The highest BCUT2D eigenvalue weighted by Crippen LogP contribution is 2.32. The number of benzene rings is 1. The topological polar surface area (TPSA) is 102 Å². The number of nitrogens with zero attached hydrogens (tertiary/aromatic N) is 2. The largest absolute Gasteiger partial charge is 0.495 e. The number of carbonyl (C=O) groups is 1. The number of esters is 1. The van der Waals surface area contributed by atoms with Crippen LogP contribution in [-0.4, -0.2) is 24.6 Å². The first kappa shape index (κ1) is 14.4. The third kappa shape index (κ3) is 3.19. The summed E-state index contributed by atoms with van der Waals surface area (Å²) in [7, 11) is 1.29. The van der Waals surface area contributed by atoms with Crippen molar-refractivity contribution in [3.05, 3.63) is 33.4 Å². The van der Waals surface area contributed by atoms with E-state index in [0.717, 1.165) is 0 Å². The van der Waals surface area contributed by atoms with Crippen LogP contribution in [0.25, 0.3) is 0 Å². The number of methoxy groups -OCH3 is 1. The standard InChI is InChI=1S/C12H12N2O5/c1-3-19-11(15)6-9-10(14(16)17)5-4-8(7-13)12(9)18-2/h4-5H,3,6H2,1-2H3. The summed E-state index contributed by atoms with van der Waals surface area (Å²) in [5.74, 6) is -0.580. The average Bonchev–Trinajstić information content (AvgIpc) is 2.37. The minimum atomic E-state index is -0.627. The van der Waals surface area contributed by atoms with E-state index in [-0.39, 0.29) is 35.6 Å². The van der Waals surface area contributed by atoms with Gasteiger partial charge in [0.2, 0.25) is 0 Å². The molecule has 0 aromatic heterocycles. The first-order valence-corrected chi connectivity index (χ1v) is 5.45. The second-order valence-corrected chi connectivity index (χ2v) is 3.49. The molecule has 1 aromatic rings. The zero-order chi connectivity index (χ0) is 14.4. The Morgan fingerprint density at radius 1 is 1.53 bits per heavy atom. The average molecular weight is 264 g/mol. The molecule has 0 fully saturated rings. The lowest BCUT2D eigenvalue weighted by atomic mass is 10.0. The van der Waals surface area contributed by atoms with E-state index in [1.54, 1.807) is 6.92 Å². The van der Waals surface area contributed by atoms with Crippen LogP contribution in [0.5, 0.6) is 5.75 Å². The maximum absolute atomic E-state index is 11.5. The molecule has 0 saturated heterocycles. The van der Waals surface area contributed by atoms with Gasteiger partial charge in [-0.2, -0.15) is 5.26 Å². The third-order valence-corrected chi connectivity index (χ3v) is 2.38. The van der Waals surface area contributed by atoms with Crippen LogP contribution in [0.4, 0.5) is 5.69 Å². The van der Waals surface area contributed by atoms with Crippen LogP contribution in [0.2, 0.25) is 0 Å².